The van der Waals surface area contributed by atoms with Crippen molar-refractivity contribution in [2.24, 2.45) is 0 Å². The molecule has 0 aromatic carbocycles. The minimum atomic E-state index is -2.75. The van der Waals surface area contributed by atoms with Crippen LogP contribution in [-0.2, 0) is 13.6 Å². The lowest BCUT2D eigenvalue weighted by Crippen LogP contribution is -2.14. The van der Waals surface area contributed by atoms with Crippen LogP contribution in [0, 0.1) is 0 Å². The van der Waals surface area contributed by atoms with E-state index >= 15 is 0 Å². The zero-order valence-electron chi connectivity index (χ0n) is 6.59. The van der Waals surface area contributed by atoms with Crippen LogP contribution in [0.4, 0.5) is 0 Å². The summed E-state index contributed by atoms with van der Waals surface area (Å²) in [6.07, 6.45) is 0. The van der Waals surface area contributed by atoms with E-state index in [2.05, 4.69) is 0 Å². The van der Waals surface area contributed by atoms with Crippen molar-refractivity contribution in [2.45, 2.75) is 25.9 Å². The predicted molar refractivity (Wildman–Crippen MR) is 39.3 cm³/mol. The molecule has 0 radical (unpaired) electrons. The molecule has 4 heteroatoms. The molecule has 1 rings (SSSR count). The third-order valence-corrected chi connectivity index (χ3v) is 4.12. The van der Waals surface area contributed by atoms with Gasteiger partial charge in [-0.05, 0) is 20.8 Å². The number of hydrogen-bond donors (Lipinski definition) is 0. The lowest BCUT2D eigenvalue weighted by atomic mass is 10.3. The van der Waals surface area contributed by atoms with Gasteiger partial charge in [-0.25, -0.2) is 0 Å². The zero-order valence-corrected chi connectivity index (χ0v) is 7.48. The van der Waals surface area contributed by atoms with E-state index < -0.39 is 7.60 Å². The van der Waals surface area contributed by atoms with Gasteiger partial charge >= 0.3 is 7.60 Å². The van der Waals surface area contributed by atoms with Crippen LogP contribution in [0.5, 0.6) is 0 Å². The van der Waals surface area contributed by atoms with Gasteiger partial charge < -0.3 is 9.05 Å². The number of hydrogen-bond acceptors (Lipinski definition) is 3. The van der Waals surface area contributed by atoms with Crippen LogP contribution in [0.2, 0.25) is 0 Å². The topological polar surface area (TPSA) is 35.5 Å². The Morgan fingerprint density at radius 1 is 1.20 bits per heavy atom. The minimum absolute atomic E-state index is 0.372. The maximum absolute atomic E-state index is 11.6. The summed E-state index contributed by atoms with van der Waals surface area (Å²) in [5.74, 6) is 0. The van der Waals surface area contributed by atoms with E-state index in [1.165, 1.54) is 0 Å². The molecule has 1 saturated heterocycles. The molecule has 1 heterocycles. The Morgan fingerprint density at radius 2 is 1.60 bits per heavy atom. The summed E-state index contributed by atoms with van der Waals surface area (Å²) >= 11 is 0. The third-order valence-electron chi connectivity index (χ3n) is 1.43. The van der Waals surface area contributed by atoms with E-state index in [0.717, 1.165) is 0 Å². The molecule has 0 aromatic rings. The number of rotatable bonds is 0. The van der Waals surface area contributed by atoms with Crippen molar-refractivity contribution in [1.82, 2.24) is 0 Å². The Balaban J connectivity index is 2.78. The van der Waals surface area contributed by atoms with Crippen LogP contribution >= 0.6 is 7.60 Å². The minimum Gasteiger partial charge on any atom is -0.306 e. The highest BCUT2D eigenvalue weighted by Gasteiger charge is 2.42. The molecule has 3 nitrogen and oxygen atoms in total. The Hall–Kier alpha value is 0.150. The van der Waals surface area contributed by atoms with Gasteiger partial charge in [-0.15, -0.1) is 0 Å². The molecule has 0 bridgehead atoms. The summed E-state index contributed by atoms with van der Waals surface area (Å²) in [7, 11) is -2.75. The molecule has 1 fully saturated rings. The SMILES string of the molecule is CC(C)(C)P1(=O)OCCO1. The van der Waals surface area contributed by atoms with Gasteiger partial charge in [-0.2, -0.15) is 0 Å². The smallest absolute Gasteiger partial charge is 0.306 e. The van der Waals surface area contributed by atoms with Gasteiger partial charge in [0.05, 0.1) is 18.4 Å². The Morgan fingerprint density at radius 3 is 1.80 bits per heavy atom. The monoisotopic (exact) mass is 164 g/mol. The van der Waals surface area contributed by atoms with Crippen molar-refractivity contribution in [2.75, 3.05) is 13.2 Å². The molecule has 1 aliphatic heterocycles. The molecule has 0 saturated carbocycles. The van der Waals surface area contributed by atoms with Crippen LogP contribution in [-0.4, -0.2) is 18.4 Å². The highest BCUT2D eigenvalue weighted by atomic mass is 31.2. The van der Waals surface area contributed by atoms with E-state index in [1.807, 2.05) is 20.8 Å². The van der Waals surface area contributed by atoms with Crippen LogP contribution in [0.15, 0.2) is 0 Å². The maximum Gasteiger partial charge on any atom is 0.336 e. The summed E-state index contributed by atoms with van der Waals surface area (Å²) in [5, 5.41) is -0.372. The lowest BCUT2D eigenvalue weighted by molar-refractivity contribution is 0.324. The van der Waals surface area contributed by atoms with Gasteiger partial charge in [-0.3, -0.25) is 4.57 Å². The second-order valence-electron chi connectivity index (χ2n) is 3.33. The fourth-order valence-electron chi connectivity index (χ4n) is 0.739. The van der Waals surface area contributed by atoms with Gasteiger partial charge in [0.25, 0.3) is 0 Å². The average Bonchev–Trinajstić information content (AvgIpc) is 2.13. The van der Waals surface area contributed by atoms with Crippen LogP contribution < -0.4 is 0 Å². The third kappa shape index (κ3) is 1.26. The summed E-state index contributed by atoms with van der Waals surface area (Å²) in [6, 6.07) is 0. The lowest BCUT2D eigenvalue weighted by Gasteiger charge is -2.23. The highest BCUT2D eigenvalue weighted by Crippen LogP contribution is 2.61. The zero-order chi connectivity index (χ0) is 7.83. The van der Waals surface area contributed by atoms with Crippen LogP contribution in [0.25, 0.3) is 0 Å². The first-order valence-corrected chi connectivity index (χ1v) is 4.89. The van der Waals surface area contributed by atoms with Gasteiger partial charge in [0.1, 0.15) is 0 Å². The molecule has 10 heavy (non-hydrogen) atoms. The van der Waals surface area contributed by atoms with Gasteiger partial charge in [0.15, 0.2) is 0 Å². The second kappa shape index (κ2) is 2.33. The second-order valence-corrected chi connectivity index (χ2v) is 6.19. The first-order chi connectivity index (χ1) is 4.46. The van der Waals surface area contributed by atoms with E-state index in [1.54, 1.807) is 0 Å². The van der Waals surface area contributed by atoms with E-state index in [0.29, 0.717) is 13.2 Å². The Labute approximate surface area is 61.2 Å². The molecule has 1 aliphatic rings. The normalized spacial score (nSPS) is 25.1. The van der Waals surface area contributed by atoms with E-state index in [-0.39, 0.29) is 5.16 Å². The first kappa shape index (κ1) is 8.25. The molecule has 0 spiro atoms. The standard InChI is InChI=1S/C6H13O3P/c1-6(2,3)10(7)8-4-5-9-10/h4-5H2,1-3H3. The van der Waals surface area contributed by atoms with Crippen LogP contribution in [0.1, 0.15) is 20.8 Å². The van der Waals surface area contributed by atoms with Crippen LogP contribution in [0.3, 0.4) is 0 Å². The predicted octanol–water partition coefficient (Wildman–Crippen LogP) is 2.02. The molecule has 0 aromatic heterocycles. The average molecular weight is 164 g/mol. The van der Waals surface area contributed by atoms with E-state index in [4.69, 9.17) is 9.05 Å². The fourth-order valence-corrected chi connectivity index (χ4v) is 2.22. The fraction of sp³-hybridized carbons (Fsp3) is 1.00. The van der Waals surface area contributed by atoms with Crippen molar-refractivity contribution >= 4 is 7.60 Å². The molecule has 0 N–H and O–H groups in total. The molecule has 0 unspecified atom stereocenters. The molecular formula is C6H13O3P. The molecule has 0 amide bonds. The van der Waals surface area contributed by atoms with Crippen molar-refractivity contribution in [3.8, 4) is 0 Å². The van der Waals surface area contributed by atoms with Gasteiger partial charge in [0, 0.05) is 0 Å². The summed E-state index contributed by atoms with van der Waals surface area (Å²) in [4.78, 5) is 0. The quantitative estimate of drug-likeness (QED) is 0.514. The molecular weight excluding hydrogens is 151 g/mol. The summed E-state index contributed by atoms with van der Waals surface area (Å²) < 4.78 is 21.7. The van der Waals surface area contributed by atoms with Gasteiger partial charge in [-0.1, -0.05) is 0 Å². The van der Waals surface area contributed by atoms with Gasteiger partial charge in [0.2, 0.25) is 0 Å². The van der Waals surface area contributed by atoms with Crippen molar-refractivity contribution in [1.29, 1.82) is 0 Å². The van der Waals surface area contributed by atoms with Crippen molar-refractivity contribution < 1.29 is 13.6 Å². The Bertz CT molecular complexity index is 160. The molecule has 0 aliphatic carbocycles. The molecule has 0 atom stereocenters. The summed E-state index contributed by atoms with van der Waals surface area (Å²) in [6.45, 7) is 6.51. The summed E-state index contributed by atoms with van der Waals surface area (Å²) in [5.41, 5.74) is 0. The Kier molecular flexibility index (Phi) is 1.92. The van der Waals surface area contributed by atoms with E-state index in [9.17, 15) is 4.57 Å². The largest absolute Gasteiger partial charge is 0.336 e. The van der Waals surface area contributed by atoms with Crippen molar-refractivity contribution in [3.05, 3.63) is 0 Å². The molecule has 60 valence electrons. The first-order valence-electron chi connectivity index (χ1n) is 3.35. The van der Waals surface area contributed by atoms with Crippen molar-refractivity contribution in [3.63, 3.8) is 0 Å². The highest BCUT2D eigenvalue weighted by molar-refractivity contribution is 7.55. The maximum atomic E-state index is 11.6.